The molecule has 1 aromatic carbocycles. The zero-order valence-corrected chi connectivity index (χ0v) is 13.5. The van der Waals surface area contributed by atoms with Gasteiger partial charge in [-0.15, -0.1) is 0 Å². The van der Waals surface area contributed by atoms with E-state index in [1.54, 1.807) is 25.1 Å². The summed E-state index contributed by atoms with van der Waals surface area (Å²) in [6.07, 6.45) is 0.926. The monoisotopic (exact) mass is 307 g/mol. The second kappa shape index (κ2) is 9.20. The van der Waals surface area contributed by atoms with Gasteiger partial charge in [-0.3, -0.25) is 9.59 Å². The number of amides is 1. The number of aliphatic carboxylic acids is 1. The van der Waals surface area contributed by atoms with Crippen molar-refractivity contribution in [1.29, 1.82) is 0 Å². The zero-order chi connectivity index (χ0) is 16.5. The van der Waals surface area contributed by atoms with Crippen LogP contribution in [0.4, 0.5) is 5.69 Å². The van der Waals surface area contributed by atoms with Crippen molar-refractivity contribution in [1.82, 2.24) is 0 Å². The first-order valence-corrected chi connectivity index (χ1v) is 7.61. The van der Waals surface area contributed by atoms with E-state index in [-0.39, 0.29) is 12.3 Å². The van der Waals surface area contributed by atoms with E-state index in [1.165, 1.54) is 0 Å². The van der Waals surface area contributed by atoms with E-state index in [4.69, 9.17) is 9.84 Å². The van der Waals surface area contributed by atoms with Crippen molar-refractivity contribution < 1.29 is 19.4 Å². The molecule has 1 unspecified atom stereocenters. The van der Waals surface area contributed by atoms with Gasteiger partial charge in [-0.05, 0) is 43.4 Å². The van der Waals surface area contributed by atoms with E-state index < -0.39 is 12.1 Å². The van der Waals surface area contributed by atoms with Crippen molar-refractivity contribution in [3.63, 3.8) is 0 Å². The van der Waals surface area contributed by atoms with Gasteiger partial charge in [0.15, 0.2) is 0 Å². The Balaban J connectivity index is 2.49. The highest BCUT2D eigenvalue weighted by Crippen LogP contribution is 2.13. The van der Waals surface area contributed by atoms with Gasteiger partial charge >= 0.3 is 5.97 Å². The van der Waals surface area contributed by atoms with Crippen molar-refractivity contribution in [2.75, 3.05) is 11.9 Å². The van der Waals surface area contributed by atoms with Crippen LogP contribution in [0.25, 0.3) is 0 Å². The molecule has 1 aromatic rings. The molecule has 1 rings (SSSR count). The lowest BCUT2D eigenvalue weighted by Gasteiger charge is -2.14. The molecule has 0 aromatic heterocycles. The normalized spacial score (nSPS) is 12.2. The first kappa shape index (κ1) is 18.2. The second-order valence-electron chi connectivity index (χ2n) is 5.78. The number of aryl methyl sites for hydroxylation is 1. The molecule has 0 saturated carbocycles. The molecule has 0 heterocycles. The molecule has 0 spiro atoms. The van der Waals surface area contributed by atoms with Crippen molar-refractivity contribution in [2.45, 2.75) is 46.1 Å². The number of benzene rings is 1. The molecule has 0 saturated heterocycles. The smallest absolute Gasteiger partial charge is 0.303 e. The molecular weight excluding hydrogens is 282 g/mol. The molecule has 0 aliphatic rings. The van der Waals surface area contributed by atoms with Crippen LogP contribution in [0.1, 0.15) is 39.2 Å². The topological polar surface area (TPSA) is 75.6 Å². The highest BCUT2D eigenvalue weighted by Gasteiger charge is 2.13. The number of carboxylic acid groups (broad SMARTS) is 1. The fraction of sp³-hybridized carbons (Fsp3) is 0.529. The maximum atomic E-state index is 12.0. The quantitative estimate of drug-likeness (QED) is 0.735. The minimum Gasteiger partial charge on any atom is -0.481 e. The van der Waals surface area contributed by atoms with Gasteiger partial charge in [0, 0.05) is 18.7 Å². The van der Waals surface area contributed by atoms with E-state index in [0.717, 1.165) is 12.0 Å². The van der Waals surface area contributed by atoms with Gasteiger partial charge in [0.05, 0.1) is 0 Å². The van der Waals surface area contributed by atoms with Crippen LogP contribution in [0.5, 0.6) is 0 Å². The van der Waals surface area contributed by atoms with Crippen LogP contribution in [0.2, 0.25) is 0 Å². The van der Waals surface area contributed by atoms with Crippen molar-refractivity contribution >= 4 is 17.6 Å². The number of hydrogen-bond acceptors (Lipinski definition) is 3. The van der Waals surface area contributed by atoms with Crippen LogP contribution in [0.15, 0.2) is 24.3 Å². The van der Waals surface area contributed by atoms with Gasteiger partial charge < -0.3 is 15.2 Å². The van der Waals surface area contributed by atoms with E-state index in [9.17, 15) is 9.59 Å². The first-order valence-electron chi connectivity index (χ1n) is 7.61. The van der Waals surface area contributed by atoms with E-state index in [1.807, 2.05) is 6.07 Å². The number of hydrogen-bond donors (Lipinski definition) is 2. The highest BCUT2D eigenvalue weighted by atomic mass is 16.5. The summed E-state index contributed by atoms with van der Waals surface area (Å²) in [6.45, 7) is 6.50. The van der Waals surface area contributed by atoms with Gasteiger partial charge in [0.25, 0.3) is 5.91 Å². The third kappa shape index (κ3) is 7.22. The summed E-state index contributed by atoms with van der Waals surface area (Å²) in [5.41, 5.74) is 1.54. The van der Waals surface area contributed by atoms with Crippen LogP contribution in [0, 0.1) is 5.92 Å². The molecule has 1 amide bonds. The van der Waals surface area contributed by atoms with Gasteiger partial charge in [0.1, 0.15) is 6.10 Å². The number of anilines is 1. The van der Waals surface area contributed by atoms with E-state index in [0.29, 0.717) is 24.6 Å². The number of carbonyl (C=O) groups excluding carboxylic acids is 1. The molecule has 0 bridgehead atoms. The summed E-state index contributed by atoms with van der Waals surface area (Å²) in [5.74, 6) is -0.484. The number of carbonyl (C=O) groups is 2. The number of carboxylic acids is 1. The first-order chi connectivity index (χ1) is 10.4. The van der Waals surface area contributed by atoms with Gasteiger partial charge in [-0.1, -0.05) is 26.0 Å². The predicted molar refractivity (Wildman–Crippen MR) is 85.9 cm³/mol. The molecule has 1 atom stereocenters. The Bertz CT molecular complexity index is 499. The Morgan fingerprint density at radius 1 is 1.27 bits per heavy atom. The average Bonchev–Trinajstić information content (AvgIpc) is 2.45. The summed E-state index contributed by atoms with van der Waals surface area (Å²) < 4.78 is 5.51. The third-order valence-electron chi connectivity index (χ3n) is 3.25. The van der Waals surface area contributed by atoms with Crippen LogP contribution in [-0.2, 0) is 20.7 Å². The lowest BCUT2D eigenvalue weighted by Crippen LogP contribution is -2.28. The molecule has 0 radical (unpaired) electrons. The lowest BCUT2D eigenvalue weighted by atomic mass is 10.1. The summed E-state index contributed by atoms with van der Waals surface area (Å²) in [5, 5.41) is 11.5. The van der Waals surface area contributed by atoms with Gasteiger partial charge in [-0.2, -0.15) is 0 Å². The predicted octanol–water partition coefficient (Wildman–Crippen LogP) is 3.09. The molecular formula is C17H25NO4. The molecule has 5 nitrogen and oxygen atoms in total. The Kier molecular flexibility index (Phi) is 7.60. The van der Waals surface area contributed by atoms with E-state index >= 15 is 0 Å². The van der Waals surface area contributed by atoms with Crippen LogP contribution >= 0.6 is 0 Å². The Labute approximate surface area is 131 Å². The largest absolute Gasteiger partial charge is 0.481 e. The SMILES string of the molecule is CC(C)CCOC(C)C(=O)Nc1cccc(CCC(=O)O)c1. The minimum absolute atomic E-state index is 0.0755. The van der Waals surface area contributed by atoms with Crippen molar-refractivity contribution in [3.05, 3.63) is 29.8 Å². The highest BCUT2D eigenvalue weighted by molar-refractivity contribution is 5.93. The minimum atomic E-state index is -0.832. The summed E-state index contributed by atoms with van der Waals surface area (Å²) >= 11 is 0. The van der Waals surface area contributed by atoms with E-state index in [2.05, 4.69) is 19.2 Å². The Morgan fingerprint density at radius 3 is 2.64 bits per heavy atom. The lowest BCUT2D eigenvalue weighted by molar-refractivity contribution is -0.137. The van der Waals surface area contributed by atoms with Crippen molar-refractivity contribution in [3.8, 4) is 0 Å². The fourth-order valence-electron chi connectivity index (χ4n) is 1.86. The molecule has 0 fully saturated rings. The standard InChI is InChI=1S/C17H25NO4/c1-12(2)9-10-22-13(3)17(21)18-15-6-4-5-14(11-15)7-8-16(19)20/h4-6,11-13H,7-10H2,1-3H3,(H,18,21)(H,19,20). The molecule has 0 aliphatic carbocycles. The Morgan fingerprint density at radius 2 is 2.00 bits per heavy atom. The molecule has 0 aliphatic heterocycles. The molecule has 22 heavy (non-hydrogen) atoms. The zero-order valence-electron chi connectivity index (χ0n) is 13.5. The van der Waals surface area contributed by atoms with Crippen LogP contribution in [0.3, 0.4) is 0 Å². The van der Waals surface area contributed by atoms with Gasteiger partial charge in [0.2, 0.25) is 0 Å². The third-order valence-corrected chi connectivity index (χ3v) is 3.25. The van der Waals surface area contributed by atoms with Crippen LogP contribution in [-0.4, -0.2) is 29.7 Å². The van der Waals surface area contributed by atoms with Crippen LogP contribution < -0.4 is 5.32 Å². The molecule has 122 valence electrons. The summed E-state index contributed by atoms with van der Waals surface area (Å²) in [6, 6.07) is 7.23. The molecule has 2 N–H and O–H groups in total. The number of ether oxygens (including phenoxy) is 1. The average molecular weight is 307 g/mol. The fourth-order valence-corrected chi connectivity index (χ4v) is 1.86. The maximum absolute atomic E-state index is 12.0. The number of rotatable bonds is 9. The molecule has 5 heteroatoms. The summed E-state index contributed by atoms with van der Waals surface area (Å²) in [7, 11) is 0. The maximum Gasteiger partial charge on any atom is 0.303 e. The second-order valence-corrected chi connectivity index (χ2v) is 5.78. The summed E-state index contributed by atoms with van der Waals surface area (Å²) in [4.78, 5) is 22.6. The van der Waals surface area contributed by atoms with Gasteiger partial charge in [-0.25, -0.2) is 0 Å². The Hall–Kier alpha value is -1.88. The number of nitrogens with one attached hydrogen (secondary N) is 1. The van der Waals surface area contributed by atoms with Crippen molar-refractivity contribution in [2.24, 2.45) is 5.92 Å².